The number of benzene rings is 1. The smallest absolute Gasteiger partial charge is 0.109 e. The fraction of sp³-hybridized carbons (Fsp3) is 0.100. The van der Waals surface area contributed by atoms with Crippen molar-refractivity contribution >= 4 is 15.9 Å². The average Bonchev–Trinajstić information content (AvgIpc) is 2.47. The molecule has 0 unspecified atom stereocenters. The summed E-state index contributed by atoms with van der Waals surface area (Å²) in [5, 5.41) is 4.23. The lowest BCUT2D eigenvalue weighted by atomic mass is 10.1. The van der Waals surface area contributed by atoms with Gasteiger partial charge in [-0.15, -0.1) is 0 Å². The van der Waals surface area contributed by atoms with Gasteiger partial charge in [0.25, 0.3) is 0 Å². The van der Waals surface area contributed by atoms with E-state index in [1.807, 2.05) is 37.3 Å². The summed E-state index contributed by atoms with van der Waals surface area (Å²) in [5.41, 5.74) is 2.86. The van der Waals surface area contributed by atoms with Crippen LogP contribution in [0.15, 0.2) is 34.8 Å². The van der Waals surface area contributed by atoms with Crippen LogP contribution in [-0.4, -0.2) is 9.89 Å². The summed E-state index contributed by atoms with van der Waals surface area (Å²) < 4.78 is 0.950. The Morgan fingerprint density at radius 2 is 1.93 bits per heavy atom. The van der Waals surface area contributed by atoms with Gasteiger partial charge in [-0.3, -0.25) is 0 Å². The van der Waals surface area contributed by atoms with E-state index in [1.54, 1.807) is 0 Å². The van der Waals surface area contributed by atoms with Crippen LogP contribution in [0.2, 0.25) is 0 Å². The number of hydrogen-bond donors (Lipinski definition) is 1. The Labute approximate surface area is 90.6 Å². The molecule has 0 atom stereocenters. The van der Waals surface area contributed by atoms with Crippen molar-refractivity contribution in [1.82, 2.24) is 9.89 Å². The first-order valence-corrected chi connectivity index (χ1v) is 5.05. The molecule has 0 bridgehead atoms. The van der Waals surface area contributed by atoms with Crippen LogP contribution in [0.5, 0.6) is 0 Å². The van der Waals surface area contributed by atoms with Gasteiger partial charge in [0.15, 0.2) is 0 Å². The Balaban J connectivity index is 2.58. The highest BCUT2D eigenvalue weighted by Gasteiger charge is 2.11. The van der Waals surface area contributed by atoms with E-state index < -0.39 is 0 Å². The summed E-state index contributed by atoms with van der Waals surface area (Å²) in [7, 11) is 0. The van der Waals surface area contributed by atoms with Gasteiger partial charge >= 0.3 is 0 Å². The van der Waals surface area contributed by atoms with Gasteiger partial charge in [0.1, 0.15) is 5.69 Å². The van der Waals surface area contributed by atoms with Crippen LogP contribution in [0.1, 0.15) is 5.69 Å². The van der Waals surface area contributed by atoms with Crippen LogP contribution >= 0.6 is 15.9 Å². The molecule has 2 rings (SSSR count). The molecule has 1 heterocycles. The van der Waals surface area contributed by atoms with E-state index in [2.05, 4.69) is 21.0 Å². The Bertz CT molecular complexity index is 448. The Kier molecular flexibility index (Phi) is 2.29. The molecular formula is C10H10BrN3. The molecule has 0 aliphatic heterocycles. The molecule has 0 aliphatic carbocycles. The molecule has 0 spiro atoms. The van der Waals surface area contributed by atoms with Crippen LogP contribution in [-0.2, 0) is 0 Å². The highest BCUT2D eigenvalue weighted by atomic mass is 79.9. The van der Waals surface area contributed by atoms with Gasteiger partial charge in [0, 0.05) is 5.56 Å². The van der Waals surface area contributed by atoms with Crippen molar-refractivity contribution < 1.29 is 0 Å². The van der Waals surface area contributed by atoms with Gasteiger partial charge in [-0.2, -0.15) is 9.89 Å². The molecule has 2 N–H and O–H groups in total. The molecule has 1 aromatic carbocycles. The number of aromatic nitrogens is 2. The number of hydrogen-bond acceptors (Lipinski definition) is 2. The van der Waals surface area contributed by atoms with Crippen LogP contribution in [0, 0.1) is 6.92 Å². The molecule has 1 aromatic heterocycles. The van der Waals surface area contributed by atoms with Crippen molar-refractivity contribution in [2.75, 3.05) is 5.84 Å². The van der Waals surface area contributed by atoms with Crippen molar-refractivity contribution in [2.45, 2.75) is 6.92 Å². The zero-order valence-corrected chi connectivity index (χ0v) is 9.32. The molecule has 0 fully saturated rings. The summed E-state index contributed by atoms with van der Waals surface area (Å²) in [6.07, 6.45) is 0. The fourth-order valence-corrected chi connectivity index (χ4v) is 1.77. The van der Waals surface area contributed by atoms with E-state index >= 15 is 0 Å². The maximum Gasteiger partial charge on any atom is 0.109 e. The normalized spacial score (nSPS) is 10.4. The van der Waals surface area contributed by atoms with E-state index in [9.17, 15) is 0 Å². The van der Waals surface area contributed by atoms with E-state index in [0.29, 0.717) is 0 Å². The lowest BCUT2D eigenvalue weighted by molar-refractivity contribution is 0.802. The molecule has 3 nitrogen and oxygen atoms in total. The minimum Gasteiger partial charge on any atom is -0.323 e. The van der Waals surface area contributed by atoms with Crippen molar-refractivity contribution in [3.63, 3.8) is 0 Å². The second kappa shape index (κ2) is 3.46. The maximum absolute atomic E-state index is 5.65. The first kappa shape index (κ1) is 9.27. The SMILES string of the molecule is Cc1c(Br)c(-c2ccccc2)nn1N. The molecular weight excluding hydrogens is 242 g/mol. The largest absolute Gasteiger partial charge is 0.323 e. The molecule has 0 saturated heterocycles. The highest BCUT2D eigenvalue weighted by molar-refractivity contribution is 9.10. The fourth-order valence-electron chi connectivity index (χ4n) is 1.28. The Morgan fingerprint density at radius 3 is 2.43 bits per heavy atom. The standard InChI is InChI=1S/C10H10BrN3/c1-7-9(11)10(13-14(7)12)8-5-3-2-4-6-8/h2-6H,12H2,1H3. The number of nitrogens with zero attached hydrogens (tertiary/aromatic N) is 2. The van der Waals surface area contributed by atoms with Gasteiger partial charge in [0.05, 0.1) is 10.2 Å². The molecule has 0 aliphatic rings. The van der Waals surface area contributed by atoms with Gasteiger partial charge in [-0.1, -0.05) is 30.3 Å². The van der Waals surface area contributed by atoms with Crippen molar-refractivity contribution in [3.05, 3.63) is 40.5 Å². The third-order valence-corrected chi connectivity index (χ3v) is 3.07. The predicted octanol–water partition coefficient (Wildman–Crippen LogP) is 2.33. The third-order valence-electron chi connectivity index (χ3n) is 2.12. The number of nitrogens with two attached hydrogens (primary N) is 1. The van der Waals surface area contributed by atoms with E-state index in [-0.39, 0.29) is 0 Å². The first-order valence-electron chi connectivity index (χ1n) is 4.26. The zero-order valence-electron chi connectivity index (χ0n) is 7.74. The quantitative estimate of drug-likeness (QED) is 0.791. The molecule has 2 aromatic rings. The van der Waals surface area contributed by atoms with Gasteiger partial charge in [-0.05, 0) is 22.9 Å². The maximum atomic E-state index is 5.65. The summed E-state index contributed by atoms with van der Waals surface area (Å²) in [6.45, 7) is 1.92. The lowest BCUT2D eigenvalue weighted by Crippen LogP contribution is -2.11. The molecule has 72 valence electrons. The minimum absolute atomic E-state index is 0.880. The minimum atomic E-state index is 0.880. The second-order valence-electron chi connectivity index (χ2n) is 3.06. The van der Waals surface area contributed by atoms with E-state index in [0.717, 1.165) is 21.4 Å². The summed E-state index contributed by atoms with van der Waals surface area (Å²) in [4.78, 5) is 1.38. The molecule has 0 amide bonds. The van der Waals surface area contributed by atoms with Crippen LogP contribution in [0.3, 0.4) is 0 Å². The monoisotopic (exact) mass is 251 g/mol. The average molecular weight is 252 g/mol. The predicted molar refractivity (Wildman–Crippen MR) is 60.3 cm³/mol. The molecule has 14 heavy (non-hydrogen) atoms. The van der Waals surface area contributed by atoms with E-state index in [1.165, 1.54) is 4.79 Å². The highest BCUT2D eigenvalue weighted by Crippen LogP contribution is 2.28. The zero-order chi connectivity index (χ0) is 10.1. The number of nitrogen functional groups attached to an aromatic ring is 1. The Morgan fingerprint density at radius 1 is 1.29 bits per heavy atom. The number of rotatable bonds is 1. The lowest BCUT2D eigenvalue weighted by Gasteiger charge is -1.95. The van der Waals surface area contributed by atoms with Crippen molar-refractivity contribution in [2.24, 2.45) is 0 Å². The first-order chi connectivity index (χ1) is 6.70. The van der Waals surface area contributed by atoms with Crippen LogP contribution in [0.4, 0.5) is 0 Å². The second-order valence-corrected chi connectivity index (χ2v) is 3.85. The van der Waals surface area contributed by atoms with Crippen molar-refractivity contribution in [3.8, 4) is 11.3 Å². The molecule has 0 saturated carbocycles. The van der Waals surface area contributed by atoms with Gasteiger partial charge in [-0.25, -0.2) is 0 Å². The summed E-state index contributed by atoms with van der Waals surface area (Å²) in [5.74, 6) is 5.65. The van der Waals surface area contributed by atoms with Gasteiger partial charge < -0.3 is 5.84 Å². The van der Waals surface area contributed by atoms with Gasteiger partial charge in [0.2, 0.25) is 0 Å². The van der Waals surface area contributed by atoms with Crippen LogP contribution in [0.25, 0.3) is 11.3 Å². The molecule has 0 radical (unpaired) electrons. The third kappa shape index (κ3) is 1.42. The topological polar surface area (TPSA) is 43.8 Å². The summed E-state index contributed by atoms with van der Waals surface area (Å²) in [6, 6.07) is 9.95. The van der Waals surface area contributed by atoms with E-state index in [4.69, 9.17) is 5.84 Å². The molecule has 4 heteroatoms. The Hall–Kier alpha value is -1.29. The summed E-state index contributed by atoms with van der Waals surface area (Å²) >= 11 is 3.47. The van der Waals surface area contributed by atoms with Crippen LogP contribution < -0.4 is 5.84 Å². The van der Waals surface area contributed by atoms with Crippen molar-refractivity contribution in [1.29, 1.82) is 0 Å². The number of halogens is 1.